The second-order valence-electron chi connectivity index (χ2n) is 11.3. The molecule has 7 heteroatoms. The van der Waals surface area contributed by atoms with Crippen LogP contribution in [-0.2, 0) is 13.1 Å². The van der Waals surface area contributed by atoms with E-state index in [2.05, 4.69) is 65.3 Å². The fraction of sp³-hybridized carbons (Fsp3) is 0.306. The van der Waals surface area contributed by atoms with Crippen LogP contribution in [0.4, 0.5) is 0 Å². The minimum absolute atomic E-state index is 0.0298. The molecule has 2 unspecified atom stereocenters. The summed E-state index contributed by atoms with van der Waals surface area (Å²) in [7, 11) is 3.32. The molecule has 0 aliphatic carbocycles. The maximum absolute atomic E-state index is 14.2. The van der Waals surface area contributed by atoms with Crippen molar-refractivity contribution in [3.63, 3.8) is 0 Å². The van der Waals surface area contributed by atoms with Gasteiger partial charge >= 0.3 is 0 Å². The standard InChI is InChI=1S/C36H38N2O5/c1-25-5-4-6-27(19-25)23-38(36(39)28-9-14-32(41-3)15-10-28)30-17-18-37(22-26-7-12-31(40-2)13-8-26)33(21-30)29-11-16-34-35(20-29)43-24-42-34/h4-16,19-20,30,33H,17-18,21-24H2,1-3H3. The Hall–Kier alpha value is -4.49. The number of fused-ring (bicyclic) bond motifs is 1. The van der Waals surface area contributed by atoms with Crippen LogP contribution in [0.2, 0.25) is 0 Å². The zero-order chi connectivity index (χ0) is 29.8. The summed E-state index contributed by atoms with van der Waals surface area (Å²) in [6, 6.07) is 30.5. The van der Waals surface area contributed by atoms with Crippen LogP contribution in [0.25, 0.3) is 0 Å². The van der Waals surface area contributed by atoms with Crippen molar-refractivity contribution in [3.05, 3.63) is 119 Å². The molecule has 1 saturated heterocycles. The van der Waals surface area contributed by atoms with Crippen molar-refractivity contribution in [2.45, 2.75) is 44.9 Å². The first kappa shape index (κ1) is 28.6. The smallest absolute Gasteiger partial charge is 0.254 e. The normalized spacial score (nSPS) is 17.8. The molecule has 0 radical (unpaired) electrons. The molecule has 2 heterocycles. The minimum Gasteiger partial charge on any atom is -0.497 e. The van der Waals surface area contributed by atoms with E-state index >= 15 is 0 Å². The van der Waals surface area contributed by atoms with Gasteiger partial charge in [-0.05, 0) is 85.0 Å². The predicted molar refractivity (Wildman–Crippen MR) is 166 cm³/mol. The molecule has 0 saturated carbocycles. The lowest BCUT2D eigenvalue weighted by molar-refractivity contribution is 0.0400. The maximum Gasteiger partial charge on any atom is 0.254 e. The molecule has 0 spiro atoms. The number of piperidine rings is 1. The fourth-order valence-corrected chi connectivity index (χ4v) is 6.17. The van der Waals surface area contributed by atoms with Gasteiger partial charge in [-0.3, -0.25) is 9.69 Å². The monoisotopic (exact) mass is 578 g/mol. The van der Waals surface area contributed by atoms with Crippen molar-refractivity contribution in [1.29, 1.82) is 0 Å². The Labute approximate surface area is 253 Å². The van der Waals surface area contributed by atoms with Crippen molar-refractivity contribution >= 4 is 5.91 Å². The summed E-state index contributed by atoms with van der Waals surface area (Å²) in [5.41, 5.74) is 5.35. The number of likely N-dealkylation sites (tertiary alicyclic amines) is 1. The van der Waals surface area contributed by atoms with Crippen molar-refractivity contribution in [3.8, 4) is 23.0 Å². The van der Waals surface area contributed by atoms with E-state index in [1.165, 1.54) is 11.1 Å². The predicted octanol–water partition coefficient (Wildman–Crippen LogP) is 6.79. The first-order chi connectivity index (χ1) is 21.0. The minimum atomic E-state index is 0.0298. The number of amides is 1. The van der Waals surface area contributed by atoms with Crippen molar-refractivity contribution in [2.75, 3.05) is 27.6 Å². The van der Waals surface area contributed by atoms with Gasteiger partial charge in [0, 0.05) is 37.3 Å². The van der Waals surface area contributed by atoms with Crippen LogP contribution in [-0.4, -0.2) is 49.3 Å². The summed E-state index contributed by atoms with van der Waals surface area (Å²) >= 11 is 0. The molecule has 6 rings (SSSR count). The molecule has 4 aromatic carbocycles. The topological polar surface area (TPSA) is 60.5 Å². The Kier molecular flexibility index (Phi) is 8.52. The van der Waals surface area contributed by atoms with E-state index < -0.39 is 0 Å². The zero-order valence-electron chi connectivity index (χ0n) is 25.0. The van der Waals surface area contributed by atoms with Gasteiger partial charge < -0.3 is 23.8 Å². The van der Waals surface area contributed by atoms with Gasteiger partial charge in [-0.1, -0.05) is 48.0 Å². The third-order valence-corrected chi connectivity index (χ3v) is 8.49. The first-order valence-electron chi connectivity index (χ1n) is 14.8. The largest absolute Gasteiger partial charge is 0.497 e. The molecule has 1 fully saturated rings. The number of carbonyl (C=O) groups is 1. The quantitative estimate of drug-likeness (QED) is 0.218. The van der Waals surface area contributed by atoms with Gasteiger partial charge in [-0.25, -0.2) is 0 Å². The molecule has 4 aromatic rings. The number of aryl methyl sites for hydroxylation is 1. The summed E-state index contributed by atoms with van der Waals surface area (Å²) < 4.78 is 22.1. The van der Waals surface area contributed by atoms with E-state index in [0.717, 1.165) is 60.1 Å². The molecule has 0 aromatic heterocycles. The summed E-state index contributed by atoms with van der Waals surface area (Å²) in [4.78, 5) is 18.8. The van der Waals surface area contributed by atoms with Gasteiger partial charge in [0.15, 0.2) is 11.5 Å². The lowest BCUT2D eigenvalue weighted by atomic mass is 9.89. The highest BCUT2D eigenvalue weighted by atomic mass is 16.7. The van der Waals surface area contributed by atoms with E-state index in [4.69, 9.17) is 18.9 Å². The van der Waals surface area contributed by atoms with E-state index in [1.54, 1.807) is 14.2 Å². The highest BCUT2D eigenvalue weighted by molar-refractivity contribution is 5.94. The van der Waals surface area contributed by atoms with Gasteiger partial charge in [0.1, 0.15) is 11.5 Å². The Bertz CT molecular complexity index is 1550. The van der Waals surface area contributed by atoms with Crippen LogP contribution in [0.3, 0.4) is 0 Å². The number of benzene rings is 4. The number of carbonyl (C=O) groups excluding carboxylic acids is 1. The Morgan fingerprint density at radius 1 is 0.860 bits per heavy atom. The molecule has 0 bridgehead atoms. The van der Waals surface area contributed by atoms with E-state index in [1.807, 2.05) is 42.5 Å². The fourth-order valence-electron chi connectivity index (χ4n) is 6.17. The molecule has 222 valence electrons. The lowest BCUT2D eigenvalue weighted by Gasteiger charge is -2.44. The van der Waals surface area contributed by atoms with Crippen LogP contribution in [0, 0.1) is 6.92 Å². The van der Waals surface area contributed by atoms with E-state index in [-0.39, 0.29) is 24.8 Å². The van der Waals surface area contributed by atoms with Gasteiger partial charge in [0.05, 0.1) is 14.2 Å². The third kappa shape index (κ3) is 6.47. The molecular formula is C36H38N2O5. The SMILES string of the molecule is COc1ccc(CN2CCC(N(Cc3cccc(C)c3)C(=O)c3ccc(OC)cc3)CC2c2ccc3c(c2)OCO3)cc1. The van der Waals surface area contributed by atoms with Gasteiger partial charge in [0.2, 0.25) is 6.79 Å². The second-order valence-corrected chi connectivity index (χ2v) is 11.3. The summed E-state index contributed by atoms with van der Waals surface area (Å²) in [6.07, 6.45) is 1.66. The molecule has 2 aliphatic rings. The van der Waals surface area contributed by atoms with Gasteiger partial charge in [-0.15, -0.1) is 0 Å². The van der Waals surface area contributed by atoms with E-state index in [0.29, 0.717) is 12.1 Å². The first-order valence-corrected chi connectivity index (χ1v) is 14.8. The maximum atomic E-state index is 14.2. The summed E-state index contributed by atoms with van der Waals surface area (Å²) in [5, 5.41) is 0. The molecular weight excluding hydrogens is 540 g/mol. The lowest BCUT2D eigenvalue weighted by Crippen LogP contribution is -2.48. The number of rotatable bonds is 9. The second kappa shape index (κ2) is 12.8. The van der Waals surface area contributed by atoms with Crippen molar-refractivity contribution in [1.82, 2.24) is 9.80 Å². The summed E-state index contributed by atoms with van der Waals surface area (Å²) in [5.74, 6) is 3.15. The number of hydrogen-bond donors (Lipinski definition) is 0. The van der Waals surface area contributed by atoms with Gasteiger partial charge in [0.25, 0.3) is 5.91 Å². The van der Waals surface area contributed by atoms with Crippen molar-refractivity contribution < 1.29 is 23.7 Å². The van der Waals surface area contributed by atoms with Crippen molar-refractivity contribution in [2.24, 2.45) is 0 Å². The van der Waals surface area contributed by atoms with Crippen LogP contribution < -0.4 is 18.9 Å². The Morgan fingerprint density at radius 3 is 2.30 bits per heavy atom. The number of hydrogen-bond acceptors (Lipinski definition) is 6. The number of nitrogens with zero attached hydrogens (tertiary/aromatic N) is 2. The van der Waals surface area contributed by atoms with Crippen LogP contribution >= 0.6 is 0 Å². The van der Waals surface area contributed by atoms with Gasteiger partial charge in [-0.2, -0.15) is 0 Å². The highest BCUT2D eigenvalue weighted by Crippen LogP contribution is 2.40. The highest BCUT2D eigenvalue weighted by Gasteiger charge is 2.35. The molecule has 2 atom stereocenters. The molecule has 43 heavy (non-hydrogen) atoms. The Balaban J connectivity index is 1.32. The number of ether oxygens (including phenoxy) is 4. The zero-order valence-corrected chi connectivity index (χ0v) is 25.0. The van der Waals surface area contributed by atoms with Crippen LogP contribution in [0.5, 0.6) is 23.0 Å². The molecule has 0 N–H and O–H groups in total. The number of methoxy groups -OCH3 is 2. The third-order valence-electron chi connectivity index (χ3n) is 8.49. The average Bonchev–Trinajstić information content (AvgIpc) is 3.52. The molecule has 1 amide bonds. The summed E-state index contributed by atoms with van der Waals surface area (Å²) in [6.45, 7) is 4.51. The molecule has 7 nitrogen and oxygen atoms in total. The van der Waals surface area contributed by atoms with E-state index in [9.17, 15) is 4.79 Å². The Morgan fingerprint density at radius 2 is 1.58 bits per heavy atom. The average molecular weight is 579 g/mol. The molecule has 2 aliphatic heterocycles. The van der Waals surface area contributed by atoms with Crippen LogP contribution in [0.1, 0.15) is 51.5 Å². The van der Waals surface area contributed by atoms with Crippen LogP contribution in [0.15, 0.2) is 91.0 Å².